The first kappa shape index (κ1) is 11.2. The first-order chi connectivity index (χ1) is 8.12. The van der Waals surface area contributed by atoms with Gasteiger partial charge in [0.1, 0.15) is 5.60 Å². The van der Waals surface area contributed by atoms with Gasteiger partial charge in [0.15, 0.2) is 0 Å². The third-order valence-corrected chi connectivity index (χ3v) is 4.09. The monoisotopic (exact) mass is 235 g/mol. The lowest BCUT2D eigenvalue weighted by Gasteiger charge is -2.45. The number of fused-ring (bicyclic) bond motifs is 2. The quantitative estimate of drug-likeness (QED) is 0.744. The van der Waals surface area contributed by atoms with Crippen molar-refractivity contribution in [3.63, 3.8) is 0 Å². The minimum absolute atomic E-state index is 0.0994. The molecule has 1 aromatic heterocycles. The maximum atomic E-state index is 6.25. The fraction of sp³-hybridized carbons (Fsp3) is 0.769. The number of nitrogens with zero attached hydrogens (tertiary/aromatic N) is 2. The topological polar surface area (TPSA) is 39.1 Å². The van der Waals surface area contributed by atoms with Gasteiger partial charge < -0.3 is 10.1 Å². The molecular formula is C13H21N3O. The molecule has 1 spiro atoms. The Morgan fingerprint density at radius 1 is 1.53 bits per heavy atom. The fourth-order valence-corrected chi connectivity index (χ4v) is 3.31. The summed E-state index contributed by atoms with van der Waals surface area (Å²) in [5, 5.41) is 8.03. The van der Waals surface area contributed by atoms with E-state index in [0.717, 1.165) is 26.0 Å². The normalized spacial score (nSPS) is 37.1. The summed E-state index contributed by atoms with van der Waals surface area (Å²) in [4.78, 5) is 0. The predicted molar refractivity (Wildman–Crippen MR) is 66.0 cm³/mol. The Kier molecular flexibility index (Phi) is 2.52. The second-order valence-electron chi connectivity index (χ2n) is 5.58. The number of hydrogen-bond acceptors (Lipinski definition) is 3. The molecule has 4 nitrogen and oxygen atoms in total. The molecule has 94 valence electrons. The Balaban J connectivity index is 2.07. The van der Waals surface area contributed by atoms with Crippen LogP contribution < -0.4 is 5.32 Å². The summed E-state index contributed by atoms with van der Waals surface area (Å²) < 4.78 is 8.43. The van der Waals surface area contributed by atoms with E-state index in [2.05, 4.69) is 35.9 Å². The molecule has 3 heterocycles. The van der Waals surface area contributed by atoms with Crippen molar-refractivity contribution in [1.29, 1.82) is 0 Å². The van der Waals surface area contributed by atoms with Gasteiger partial charge in [-0.1, -0.05) is 0 Å². The molecule has 1 saturated heterocycles. The molecule has 0 amide bonds. The van der Waals surface area contributed by atoms with Crippen LogP contribution in [0.4, 0.5) is 0 Å². The summed E-state index contributed by atoms with van der Waals surface area (Å²) in [6.45, 7) is 8.36. The zero-order chi connectivity index (χ0) is 12.0. The van der Waals surface area contributed by atoms with Crippen LogP contribution in [0.3, 0.4) is 0 Å². The molecule has 3 unspecified atom stereocenters. The Hall–Kier alpha value is -0.870. The van der Waals surface area contributed by atoms with E-state index in [1.54, 1.807) is 0 Å². The molecule has 3 atom stereocenters. The van der Waals surface area contributed by atoms with Gasteiger partial charge in [-0.05, 0) is 45.7 Å². The Labute approximate surface area is 102 Å². The average Bonchev–Trinajstić information content (AvgIpc) is 2.68. The second-order valence-corrected chi connectivity index (χ2v) is 5.58. The van der Waals surface area contributed by atoms with E-state index >= 15 is 0 Å². The van der Waals surface area contributed by atoms with Gasteiger partial charge in [0.2, 0.25) is 0 Å². The number of aromatic nitrogens is 2. The van der Waals surface area contributed by atoms with Crippen LogP contribution in [-0.4, -0.2) is 29.0 Å². The number of nitrogens with one attached hydrogen (secondary N) is 1. The number of ether oxygens (including phenoxy) is 1. The molecule has 4 heteroatoms. The third-order valence-electron chi connectivity index (χ3n) is 4.09. The standard InChI is InChI=1S/C13H21N3O/c1-9-7-15-16-11(3)8-17-13(12(9)16)4-5-14-10(2)6-13/h7,10-11,14H,4-6,8H2,1-3H3. The Bertz CT molecular complexity index is 428. The smallest absolute Gasteiger partial charge is 0.113 e. The van der Waals surface area contributed by atoms with Gasteiger partial charge in [0, 0.05) is 6.04 Å². The van der Waals surface area contributed by atoms with Crippen LogP contribution in [0.5, 0.6) is 0 Å². The summed E-state index contributed by atoms with van der Waals surface area (Å²) in [5.41, 5.74) is 2.48. The lowest BCUT2D eigenvalue weighted by Crippen LogP contribution is -2.50. The van der Waals surface area contributed by atoms with Crippen molar-refractivity contribution >= 4 is 0 Å². The van der Waals surface area contributed by atoms with E-state index in [-0.39, 0.29) is 5.60 Å². The first-order valence-electron chi connectivity index (χ1n) is 6.54. The minimum Gasteiger partial charge on any atom is -0.366 e. The van der Waals surface area contributed by atoms with E-state index < -0.39 is 0 Å². The molecule has 0 aliphatic carbocycles. The fourth-order valence-electron chi connectivity index (χ4n) is 3.31. The van der Waals surface area contributed by atoms with Gasteiger partial charge in [-0.3, -0.25) is 4.68 Å². The lowest BCUT2D eigenvalue weighted by atomic mass is 9.82. The second kappa shape index (κ2) is 3.82. The first-order valence-corrected chi connectivity index (χ1v) is 6.54. The number of rotatable bonds is 0. The summed E-state index contributed by atoms with van der Waals surface area (Å²) >= 11 is 0. The third kappa shape index (κ3) is 1.62. The Morgan fingerprint density at radius 2 is 2.35 bits per heavy atom. The molecule has 17 heavy (non-hydrogen) atoms. The van der Waals surface area contributed by atoms with Crippen molar-refractivity contribution in [3.8, 4) is 0 Å². The Morgan fingerprint density at radius 3 is 3.12 bits per heavy atom. The molecule has 0 aromatic carbocycles. The van der Waals surface area contributed by atoms with Crippen molar-refractivity contribution in [2.24, 2.45) is 0 Å². The molecule has 1 fully saturated rings. The van der Waals surface area contributed by atoms with Crippen LogP contribution in [0.1, 0.15) is 44.0 Å². The summed E-state index contributed by atoms with van der Waals surface area (Å²) in [5.74, 6) is 0. The zero-order valence-corrected chi connectivity index (χ0v) is 10.9. The van der Waals surface area contributed by atoms with Gasteiger partial charge in [-0.25, -0.2) is 0 Å². The van der Waals surface area contributed by atoms with E-state index in [1.807, 2.05) is 6.20 Å². The van der Waals surface area contributed by atoms with Gasteiger partial charge in [0.05, 0.1) is 24.5 Å². The van der Waals surface area contributed by atoms with Crippen molar-refractivity contribution in [1.82, 2.24) is 15.1 Å². The van der Waals surface area contributed by atoms with Crippen LogP contribution in [-0.2, 0) is 10.3 Å². The van der Waals surface area contributed by atoms with E-state index in [9.17, 15) is 0 Å². The summed E-state index contributed by atoms with van der Waals surface area (Å²) in [6, 6.07) is 0.870. The SMILES string of the molecule is Cc1cnn2c1C1(CCNC(C)C1)OCC2C. The highest BCUT2D eigenvalue weighted by atomic mass is 16.5. The molecule has 2 aliphatic heterocycles. The molecular weight excluding hydrogens is 214 g/mol. The van der Waals surface area contributed by atoms with Crippen molar-refractivity contribution < 1.29 is 4.74 Å². The molecule has 1 N–H and O–H groups in total. The summed E-state index contributed by atoms with van der Waals surface area (Å²) in [7, 11) is 0. The van der Waals surface area contributed by atoms with Gasteiger partial charge in [-0.2, -0.15) is 5.10 Å². The van der Waals surface area contributed by atoms with Crippen molar-refractivity contribution in [2.75, 3.05) is 13.2 Å². The molecule has 0 saturated carbocycles. The van der Waals surface area contributed by atoms with Crippen LogP contribution in [0.15, 0.2) is 6.20 Å². The molecule has 0 bridgehead atoms. The molecule has 2 aliphatic rings. The maximum Gasteiger partial charge on any atom is 0.113 e. The molecule has 1 aromatic rings. The highest BCUT2D eigenvalue weighted by Gasteiger charge is 2.44. The minimum atomic E-state index is -0.0994. The van der Waals surface area contributed by atoms with Gasteiger partial charge in [-0.15, -0.1) is 0 Å². The number of hydrogen-bond donors (Lipinski definition) is 1. The van der Waals surface area contributed by atoms with Gasteiger partial charge in [0.25, 0.3) is 0 Å². The maximum absolute atomic E-state index is 6.25. The van der Waals surface area contributed by atoms with Crippen LogP contribution in [0, 0.1) is 6.92 Å². The van der Waals surface area contributed by atoms with E-state index in [1.165, 1.54) is 11.3 Å². The van der Waals surface area contributed by atoms with E-state index in [0.29, 0.717) is 12.1 Å². The van der Waals surface area contributed by atoms with Crippen LogP contribution >= 0.6 is 0 Å². The van der Waals surface area contributed by atoms with Crippen LogP contribution in [0.2, 0.25) is 0 Å². The molecule has 0 radical (unpaired) electrons. The van der Waals surface area contributed by atoms with Crippen LogP contribution in [0.25, 0.3) is 0 Å². The zero-order valence-electron chi connectivity index (χ0n) is 10.9. The highest BCUT2D eigenvalue weighted by molar-refractivity contribution is 5.26. The largest absolute Gasteiger partial charge is 0.366 e. The van der Waals surface area contributed by atoms with Crippen molar-refractivity contribution in [3.05, 3.63) is 17.5 Å². The number of piperidine rings is 1. The lowest BCUT2D eigenvalue weighted by molar-refractivity contribution is -0.116. The van der Waals surface area contributed by atoms with E-state index in [4.69, 9.17) is 4.74 Å². The van der Waals surface area contributed by atoms with Crippen molar-refractivity contribution in [2.45, 2.75) is 51.3 Å². The summed E-state index contributed by atoms with van der Waals surface area (Å²) in [6.07, 6.45) is 4.08. The van der Waals surface area contributed by atoms with Gasteiger partial charge >= 0.3 is 0 Å². The average molecular weight is 235 g/mol. The molecule has 3 rings (SSSR count). The highest BCUT2D eigenvalue weighted by Crippen LogP contribution is 2.42. The number of aryl methyl sites for hydroxylation is 1. The predicted octanol–water partition coefficient (Wildman–Crippen LogP) is 1.75.